The van der Waals surface area contributed by atoms with Crippen LogP contribution >= 0.6 is 42.6 Å². The van der Waals surface area contributed by atoms with Crippen LogP contribution < -0.4 is 11.4 Å². The molecule has 4 N–H and O–H groups in total. The van der Waals surface area contributed by atoms with E-state index >= 15 is 0 Å². The second-order valence-corrected chi connectivity index (χ2v) is 10.2. The van der Waals surface area contributed by atoms with Crippen LogP contribution in [0.4, 0.5) is 5.82 Å². The van der Waals surface area contributed by atoms with Crippen molar-refractivity contribution < 1.29 is 33.1 Å². The number of phosphoric ester groups is 1. The number of phosphoric acid groups is 1. The van der Waals surface area contributed by atoms with Crippen molar-refractivity contribution >= 4 is 48.4 Å². The van der Waals surface area contributed by atoms with Crippen LogP contribution in [0, 0.1) is 0 Å². The van der Waals surface area contributed by atoms with Gasteiger partial charge in [-0.3, -0.25) is 18.1 Å². The molecule has 1 aliphatic rings. The average Bonchev–Trinajstić information content (AvgIpc) is 2.91. The van der Waals surface area contributed by atoms with Gasteiger partial charge in [0.2, 0.25) is 3.79 Å². The molecule has 1 aliphatic heterocycles. The van der Waals surface area contributed by atoms with Crippen LogP contribution in [0.3, 0.4) is 0 Å². The lowest BCUT2D eigenvalue weighted by Crippen LogP contribution is -2.36. The minimum atomic E-state index is -4.16. The third-order valence-corrected chi connectivity index (χ3v) is 5.44. The zero-order chi connectivity index (χ0) is 21.8. The van der Waals surface area contributed by atoms with Crippen LogP contribution in [0.25, 0.3) is 0 Å². The van der Waals surface area contributed by atoms with E-state index in [1.807, 2.05) is 0 Å². The smallest absolute Gasteiger partial charge is 0.387 e. The minimum Gasteiger partial charge on any atom is -0.387 e. The fraction of sp³-hybridized carbons (Fsp3) is 0.714. The minimum absolute atomic E-state index is 0.0146. The van der Waals surface area contributed by atoms with Gasteiger partial charge in [0.15, 0.2) is 6.23 Å². The molecule has 1 saturated heterocycles. The number of rotatable bonds is 9. The van der Waals surface area contributed by atoms with Gasteiger partial charge in [-0.15, -0.1) is 0 Å². The van der Waals surface area contributed by atoms with Crippen LogP contribution in [0.1, 0.15) is 19.6 Å². The number of ether oxygens (including phenoxy) is 1. The molecule has 1 fully saturated rings. The first-order valence-corrected chi connectivity index (χ1v) is 11.0. The molecular weight excluding hydrogens is 476 g/mol. The van der Waals surface area contributed by atoms with Gasteiger partial charge < -0.3 is 20.7 Å². The van der Waals surface area contributed by atoms with Crippen LogP contribution in [0.15, 0.2) is 17.1 Å². The molecule has 15 heteroatoms. The van der Waals surface area contributed by atoms with Gasteiger partial charge in [-0.1, -0.05) is 41.7 Å². The lowest BCUT2D eigenvalue weighted by molar-refractivity contribution is -0.0562. The molecule has 29 heavy (non-hydrogen) atoms. The first-order chi connectivity index (χ1) is 13.5. The number of hydrogen-bond donors (Lipinski definition) is 3. The van der Waals surface area contributed by atoms with E-state index in [2.05, 4.69) is 4.98 Å². The summed E-state index contributed by atoms with van der Waals surface area (Å²) in [7, 11) is -4.16. The van der Waals surface area contributed by atoms with E-state index in [-0.39, 0.29) is 12.4 Å². The Labute approximate surface area is 181 Å². The molecule has 1 aromatic rings. The molecule has 0 radical (unpaired) electrons. The van der Waals surface area contributed by atoms with Crippen molar-refractivity contribution in [3.8, 4) is 0 Å². The number of alkyl halides is 3. The van der Waals surface area contributed by atoms with E-state index in [1.54, 1.807) is 6.92 Å². The first kappa shape index (κ1) is 24.8. The molecule has 0 bridgehead atoms. The Bertz CT molecular complexity index is 792. The molecule has 0 aromatic carbocycles. The third kappa shape index (κ3) is 7.03. The quantitative estimate of drug-likeness (QED) is 0.337. The topological polar surface area (TPSA) is 155 Å². The SMILES string of the molecule is CCCOP(=O)(OC[C@H]1OC(n2ccc(N)nc2=O)[C@@H](O)[C@@H]1O)OCC(Cl)(Cl)Cl. The molecular formula is C14H21Cl3N3O8P. The van der Waals surface area contributed by atoms with Crippen LogP contribution in [0.2, 0.25) is 0 Å². The predicted octanol–water partition coefficient (Wildman–Crippen LogP) is 1.38. The normalized spacial score (nSPS) is 27.1. The van der Waals surface area contributed by atoms with Crippen molar-refractivity contribution in [3.63, 3.8) is 0 Å². The predicted molar refractivity (Wildman–Crippen MR) is 105 cm³/mol. The number of aromatic nitrogens is 2. The van der Waals surface area contributed by atoms with Crippen molar-refractivity contribution in [2.24, 2.45) is 0 Å². The fourth-order valence-electron chi connectivity index (χ4n) is 2.35. The number of nitrogens with zero attached hydrogens (tertiary/aromatic N) is 2. The highest BCUT2D eigenvalue weighted by molar-refractivity contribution is 7.48. The number of anilines is 1. The summed E-state index contributed by atoms with van der Waals surface area (Å²) < 4.78 is 32.5. The molecule has 166 valence electrons. The van der Waals surface area contributed by atoms with Gasteiger partial charge in [0.05, 0.1) is 13.2 Å². The largest absolute Gasteiger partial charge is 0.475 e. The molecule has 2 heterocycles. The Kier molecular flexibility index (Phi) is 8.75. The van der Waals surface area contributed by atoms with E-state index < -0.39 is 55.1 Å². The Balaban J connectivity index is 2.07. The number of halogens is 3. The second-order valence-electron chi connectivity index (χ2n) is 6.05. The highest BCUT2D eigenvalue weighted by Crippen LogP contribution is 2.51. The van der Waals surface area contributed by atoms with Crippen molar-refractivity contribution in [1.82, 2.24) is 9.55 Å². The molecule has 5 atom stereocenters. The molecule has 0 saturated carbocycles. The average molecular weight is 497 g/mol. The summed E-state index contributed by atoms with van der Waals surface area (Å²) in [4.78, 5) is 15.5. The summed E-state index contributed by atoms with van der Waals surface area (Å²) in [6.45, 7) is 0.711. The summed E-state index contributed by atoms with van der Waals surface area (Å²) >= 11 is 16.8. The highest BCUT2D eigenvalue weighted by atomic mass is 35.6. The van der Waals surface area contributed by atoms with Gasteiger partial charge in [-0.2, -0.15) is 4.98 Å². The van der Waals surface area contributed by atoms with Crippen molar-refractivity contribution in [2.45, 2.75) is 41.7 Å². The van der Waals surface area contributed by atoms with Gasteiger partial charge in [0, 0.05) is 6.20 Å². The van der Waals surface area contributed by atoms with Gasteiger partial charge in [-0.25, -0.2) is 9.36 Å². The number of nitrogens with two attached hydrogens (primary N) is 1. The maximum Gasteiger partial charge on any atom is 0.475 e. The van der Waals surface area contributed by atoms with Crippen LogP contribution in [0.5, 0.6) is 0 Å². The Hall–Kier alpha value is -0.460. The zero-order valence-electron chi connectivity index (χ0n) is 15.2. The summed E-state index contributed by atoms with van der Waals surface area (Å²) in [5, 5.41) is 20.4. The van der Waals surface area contributed by atoms with E-state index in [1.165, 1.54) is 12.3 Å². The van der Waals surface area contributed by atoms with Crippen molar-refractivity contribution in [1.29, 1.82) is 0 Å². The molecule has 1 aromatic heterocycles. The Morgan fingerprint density at radius 3 is 2.59 bits per heavy atom. The number of aliphatic hydroxyl groups is 2. The fourth-order valence-corrected chi connectivity index (χ4v) is 4.05. The van der Waals surface area contributed by atoms with E-state index in [4.69, 9.17) is 58.8 Å². The molecule has 2 unspecified atom stereocenters. The first-order valence-electron chi connectivity index (χ1n) is 8.42. The summed E-state index contributed by atoms with van der Waals surface area (Å²) in [6.07, 6.45) is -3.65. The van der Waals surface area contributed by atoms with Crippen LogP contribution in [-0.2, 0) is 22.9 Å². The van der Waals surface area contributed by atoms with E-state index in [0.29, 0.717) is 6.42 Å². The monoisotopic (exact) mass is 495 g/mol. The molecule has 2 rings (SSSR count). The van der Waals surface area contributed by atoms with Crippen molar-refractivity contribution in [3.05, 3.63) is 22.7 Å². The molecule has 0 amide bonds. The van der Waals surface area contributed by atoms with Gasteiger partial charge >= 0.3 is 13.5 Å². The van der Waals surface area contributed by atoms with Gasteiger partial charge in [-0.05, 0) is 12.5 Å². The lowest BCUT2D eigenvalue weighted by Gasteiger charge is -2.22. The number of aliphatic hydroxyl groups excluding tert-OH is 2. The zero-order valence-corrected chi connectivity index (χ0v) is 18.4. The van der Waals surface area contributed by atoms with Gasteiger partial charge in [0.1, 0.15) is 30.7 Å². The highest BCUT2D eigenvalue weighted by Gasteiger charge is 2.45. The summed E-state index contributed by atoms with van der Waals surface area (Å²) in [6, 6.07) is 1.32. The van der Waals surface area contributed by atoms with Crippen LogP contribution in [-0.4, -0.2) is 61.7 Å². The third-order valence-electron chi connectivity index (χ3n) is 3.70. The Morgan fingerprint density at radius 2 is 2.00 bits per heavy atom. The van der Waals surface area contributed by atoms with Crippen molar-refractivity contribution in [2.75, 3.05) is 25.6 Å². The molecule has 0 spiro atoms. The summed E-state index contributed by atoms with van der Waals surface area (Å²) in [5.41, 5.74) is 4.64. The summed E-state index contributed by atoms with van der Waals surface area (Å²) in [5.74, 6) is -0.0146. The molecule has 11 nitrogen and oxygen atoms in total. The molecule has 0 aliphatic carbocycles. The van der Waals surface area contributed by atoms with E-state index in [9.17, 15) is 19.6 Å². The number of nitrogen functional groups attached to an aromatic ring is 1. The van der Waals surface area contributed by atoms with E-state index in [0.717, 1.165) is 4.57 Å². The maximum absolute atomic E-state index is 12.7. The standard InChI is InChI=1S/C14H21Cl3N3O8P/c1-2-5-25-29(24,27-7-14(15,16)17)26-6-8-10(21)11(22)12(28-8)20-4-3-9(18)19-13(20)23/h3-4,8,10-12,21-22H,2,5-7H2,1H3,(H2,18,19,23)/t8-,10-,11+,12?,29?/m1/s1. The maximum atomic E-state index is 12.7. The lowest BCUT2D eigenvalue weighted by atomic mass is 10.1. The second kappa shape index (κ2) is 10.2. The Morgan fingerprint density at radius 1 is 1.31 bits per heavy atom. The van der Waals surface area contributed by atoms with Gasteiger partial charge in [0.25, 0.3) is 0 Å². The number of hydrogen-bond acceptors (Lipinski definition) is 10.